The molecule has 0 fully saturated rings. The Morgan fingerprint density at radius 2 is 0.500 bits per heavy atom. The van der Waals surface area contributed by atoms with Crippen LogP contribution < -0.4 is 0 Å². The van der Waals surface area contributed by atoms with E-state index >= 15 is 0 Å². The van der Waals surface area contributed by atoms with Crippen molar-refractivity contribution in [3.8, 4) is 78.7 Å². The number of hydrogen-bond donors (Lipinski definition) is 0. The Balaban J connectivity index is 1.11. The highest BCUT2D eigenvalue weighted by molar-refractivity contribution is 5.79. The Morgan fingerprint density at radius 3 is 0.896 bits per heavy atom. The minimum Gasteiger partial charge on any atom is -0.248 e. The quantitative estimate of drug-likeness (QED) is 0.179. The first-order valence-corrected chi connectivity index (χ1v) is 16.1. The van der Waals surface area contributed by atoms with Crippen LogP contribution >= 0.6 is 0 Å². The number of nitrogens with zero attached hydrogens (tertiary/aromatic N) is 3. The van der Waals surface area contributed by atoms with Crippen molar-refractivity contribution in [2.24, 2.45) is 0 Å². The summed E-state index contributed by atoms with van der Waals surface area (Å²) >= 11 is 0. The maximum Gasteiger partial charge on any atom is 0.160 e. The summed E-state index contributed by atoms with van der Waals surface area (Å²) in [4.78, 5) is 15.0. The van der Waals surface area contributed by atoms with Gasteiger partial charge in [-0.25, -0.2) is 15.0 Å². The third kappa shape index (κ3) is 6.18. The molecule has 8 aromatic rings. The van der Waals surface area contributed by atoms with Crippen LogP contribution in [0, 0.1) is 0 Å². The van der Waals surface area contributed by atoms with Gasteiger partial charge in [0.2, 0.25) is 0 Å². The molecule has 0 aliphatic carbocycles. The Hall–Kier alpha value is -6.45. The van der Waals surface area contributed by atoms with E-state index in [4.69, 9.17) is 15.0 Å². The second-order valence-electron chi connectivity index (χ2n) is 11.7. The maximum atomic E-state index is 5.03. The highest BCUT2D eigenvalue weighted by Gasteiger charge is 2.12. The molecule has 0 bridgehead atoms. The summed E-state index contributed by atoms with van der Waals surface area (Å²) < 4.78 is 0. The van der Waals surface area contributed by atoms with E-state index in [0.717, 1.165) is 72.8 Å². The van der Waals surface area contributed by atoms with Crippen LogP contribution in [0.5, 0.6) is 0 Å². The summed E-state index contributed by atoms with van der Waals surface area (Å²) in [6, 6.07) is 65.1. The van der Waals surface area contributed by atoms with Crippen molar-refractivity contribution in [3.63, 3.8) is 0 Å². The predicted molar refractivity (Wildman–Crippen MR) is 198 cm³/mol. The van der Waals surface area contributed by atoms with Gasteiger partial charge in [0.15, 0.2) is 5.82 Å². The van der Waals surface area contributed by atoms with Gasteiger partial charge in [-0.2, -0.15) is 0 Å². The molecule has 2 heterocycles. The van der Waals surface area contributed by atoms with Gasteiger partial charge in [0.25, 0.3) is 0 Å². The first-order chi connectivity index (χ1) is 23.8. The molecule has 3 nitrogen and oxygen atoms in total. The predicted octanol–water partition coefficient (Wildman–Crippen LogP) is 11.5. The van der Waals surface area contributed by atoms with Gasteiger partial charge in [-0.1, -0.05) is 170 Å². The van der Waals surface area contributed by atoms with Crippen molar-refractivity contribution in [1.29, 1.82) is 0 Å². The number of aromatic nitrogens is 3. The molecule has 0 N–H and O–H groups in total. The standard InChI is InChI=1S/C45H31N3/c1-5-13-35(14-6-1)41-29-40(30-42(46-41)36-15-7-2-8-16-36)34-23-21-32(22-24-34)33-25-27-38(28-26-33)44-31-43(37-17-9-3-10-18-37)47-45(48-44)39-19-11-4-12-20-39/h1-31H. The molecular formula is C45H31N3. The second-order valence-corrected chi connectivity index (χ2v) is 11.7. The molecule has 8 rings (SSSR count). The molecule has 0 amide bonds. The van der Waals surface area contributed by atoms with E-state index in [1.165, 1.54) is 0 Å². The molecule has 0 aliphatic heterocycles. The molecular weight excluding hydrogens is 583 g/mol. The molecule has 3 heteroatoms. The van der Waals surface area contributed by atoms with Crippen LogP contribution in [0.3, 0.4) is 0 Å². The topological polar surface area (TPSA) is 38.7 Å². The van der Waals surface area contributed by atoms with E-state index in [9.17, 15) is 0 Å². The smallest absolute Gasteiger partial charge is 0.160 e. The normalized spacial score (nSPS) is 10.9. The molecule has 0 atom stereocenters. The summed E-state index contributed by atoms with van der Waals surface area (Å²) in [6.07, 6.45) is 0. The zero-order valence-electron chi connectivity index (χ0n) is 26.2. The van der Waals surface area contributed by atoms with Crippen LogP contribution in [0.4, 0.5) is 0 Å². The number of hydrogen-bond acceptors (Lipinski definition) is 3. The minimum absolute atomic E-state index is 0.716. The lowest BCUT2D eigenvalue weighted by Gasteiger charge is -2.11. The third-order valence-corrected chi connectivity index (χ3v) is 8.52. The van der Waals surface area contributed by atoms with Gasteiger partial charge < -0.3 is 0 Å². The molecule has 0 spiro atoms. The highest BCUT2D eigenvalue weighted by atomic mass is 14.9. The number of rotatable bonds is 7. The van der Waals surface area contributed by atoms with Gasteiger partial charge in [0, 0.05) is 27.8 Å². The summed E-state index contributed by atoms with van der Waals surface area (Å²) in [5, 5.41) is 0. The van der Waals surface area contributed by atoms with Gasteiger partial charge in [-0.05, 0) is 40.5 Å². The number of benzene rings is 6. The van der Waals surface area contributed by atoms with E-state index < -0.39 is 0 Å². The lowest BCUT2D eigenvalue weighted by Crippen LogP contribution is -1.95. The lowest BCUT2D eigenvalue weighted by molar-refractivity contribution is 1.18. The maximum absolute atomic E-state index is 5.03. The summed E-state index contributed by atoms with van der Waals surface area (Å²) in [7, 11) is 0. The van der Waals surface area contributed by atoms with Crippen molar-refractivity contribution in [3.05, 3.63) is 188 Å². The molecule has 48 heavy (non-hydrogen) atoms. The summed E-state index contributed by atoms with van der Waals surface area (Å²) in [6.45, 7) is 0. The number of pyridine rings is 1. The van der Waals surface area contributed by atoms with Gasteiger partial charge in [-0.15, -0.1) is 0 Å². The van der Waals surface area contributed by atoms with E-state index in [1.807, 2.05) is 48.5 Å². The lowest BCUT2D eigenvalue weighted by atomic mass is 9.97. The Bertz CT molecular complexity index is 2000. The van der Waals surface area contributed by atoms with Crippen molar-refractivity contribution in [1.82, 2.24) is 15.0 Å². The zero-order valence-corrected chi connectivity index (χ0v) is 26.2. The molecule has 6 aromatic carbocycles. The largest absolute Gasteiger partial charge is 0.248 e. The Labute approximate surface area is 280 Å². The van der Waals surface area contributed by atoms with E-state index in [-0.39, 0.29) is 0 Å². The van der Waals surface area contributed by atoms with Crippen LogP contribution in [0.25, 0.3) is 78.7 Å². The molecule has 0 saturated carbocycles. The molecule has 0 saturated heterocycles. The van der Waals surface area contributed by atoms with E-state index in [2.05, 4.69) is 140 Å². The van der Waals surface area contributed by atoms with Crippen molar-refractivity contribution in [2.75, 3.05) is 0 Å². The van der Waals surface area contributed by atoms with Crippen molar-refractivity contribution < 1.29 is 0 Å². The summed E-state index contributed by atoms with van der Waals surface area (Å²) in [5.41, 5.74) is 13.6. The Kier molecular flexibility index (Phi) is 7.92. The molecule has 0 radical (unpaired) electrons. The van der Waals surface area contributed by atoms with E-state index in [0.29, 0.717) is 5.82 Å². The van der Waals surface area contributed by atoms with Crippen molar-refractivity contribution in [2.45, 2.75) is 0 Å². The van der Waals surface area contributed by atoms with Crippen LogP contribution in [0.15, 0.2) is 188 Å². The fourth-order valence-corrected chi connectivity index (χ4v) is 5.97. The van der Waals surface area contributed by atoms with Crippen LogP contribution in [0.2, 0.25) is 0 Å². The summed E-state index contributed by atoms with van der Waals surface area (Å²) in [5.74, 6) is 0.716. The molecule has 0 unspecified atom stereocenters. The fraction of sp³-hybridized carbons (Fsp3) is 0. The average Bonchev–Trinajstić information content (AvgIpc) is 3.19. The fourth-order valence-electron chi connectivity index (χ4n) is 5.97. The Morgan fingerprint density at radius 1 is 0.208 bits per heavy atom. The van der Waals surface area contributed by atoms with Crippen LogP contribution in [-0.4, -0.2) is 15.0 Å². The SMILES string of the molecule is c1ccc(-c2cc(-c3ccc(-c4ccc(-c5cc(-c6ccccc6)nc(-c6ccccc6)n5)cc4)cc3)cc(-c3ccccc3)n2)cc1. The van der Waals surface area contributed by atoms with Gasteiger partial charge in [0.1, 0.15) is 0 Å². The zero-order chi connectivity index (χ0) is 32.1. The molecule has 2 aromatic heterocycles. The first-order valence-electron chi connectivity index (χ1n) is 16.1. The monoisotopic (exact) mass is 613 g/mol. The highest BCUT2D eigenvalue weighted by Crippen LogP contribution is 2.33. The van der Waals surface area contributed by atoms with Gasteiger partial charge in [0.05, 0.1) is 22.8 Å². The minimum atomic E-state index is 0.716. The molecule has 226 valence electrons. The third-order valence-electron chi connectivity index (χ3n) is 8.52. The van der Waals surface area contributed by atoms with Crippen LogP contribution in [0.1, 0.15) is 0 Å². The first kappa shape index (κ1) is 29.0. The van der Waals surface area contributed by atoms with E-state index in [1.54, 1.807) is 0 Å². The second kappa shape index (κ2) is 13.1. The van der Waals surface area contributed by atoms with Crippen molar-refractivity contribution >= 4 is 0 Å². The van der Waals surface area contributed by atoms with Gasteiger partial charge >= 0.3 is 0 Å². The van der Waals surface area contributed by atoms with Crippen LogP contribution in [-0.2, 0) is 0 Å². The van der Waals surface area contributed by atoms with Gasteiger partial charge in [-0.3, -0.25) is 0 Å². The average molecular weight is 614 g/mol. The molecule has 0 aliphatic rings.